The Balaban J connectivity index is 1.51. The van der Waals surface area contributed by atoms with Crippen molar-refractivity contribution in [1.29, 1.82) is 0 Å². The molecule has 4 aromatic rings. The number of tetrazole rings is 1. The van der Waals surface area contributed by atoms with E-state index in [0.29, 0.717) is 24.7 Å². The van der Waals surface area contributed by atoms with E-state index < -0.39 is 0 Å². The summed E-state index contributed by atoms with van der Waals surface area (Å²) in [6.07, 6.45) is 12.0. The van der Waals surface area contributed by atoms with Crippen LogP contribution in [-0.2, 0) is 13.1 Å². The molecule has 0 spiro atoms. The summed E-state index contributed by atoms with van der Waals surface area (Å²) in [5.41, 5.74) is 4.03. The van der Waals surface area contributed by atoms with E-state index in [1.165, 1.54) is 25.7 Å². The maximum atomic E-state index is 13.2. The number of rotatable bonds is 13. The number of allylic oxidation sites excluding steroid dienone is 1. The van der Waals surface area contributed by atoms with Crippen molar-refractivity contribution in [2.75, 3.05) is 0 Å². The van der Waals surface area contributed by atoms with E-state index in [9.17, 15) is 4.79 Å². The highest BCUT2D eigenvalue weighted by molar-refractivity contribution is 5.80. The molecule has 2 aromatic carbocycles. The zero-order valence-corrected chi connectivity index (χ0v) is 21.2. The van der Waals surface area contributed by atoms with Crippen LogP contribution in [0, 0.1) is 0 Å². The zero-order valence-electron chi connectivity index (χ0n) is 21.2. The van der Waals surface area contributed by atoms with Gasteiger partial charge in [0, 0.05) is 12.1 Å². The molecule has 0 aliphatic carbocycles. The van der Waals surface area contributed by atoms with Gasteiger partial charge in [-0.1, -0.05) is 101 Å². The lowest BCUT2D eigenvalue weighted by atomic mass is 9.98. The van der Waals surface area contributed by atoms with Gasteiger partial charge in [0.2, 0.25) is 0 Å². The van der Waals surface area contributed by atoms with Crippen molar-refractivity contribution in [3.63, 3.8) is 0 Å². The Hall–Kier alpha value is -3.81. The van der Waals surface area contributed by atoms with E-state index in [1.54, 1.807) is 9.25 Å². The topological polar surface area (TPSA) is 94.3 Å². The molecule has 0 saturated heterocycles. The molecule has 0 bridgehead atoms. The lowest BCUT2D eigenvalue weighted by molar-refractivity contribution is 0.511. The standard InChI is InChI=1S/C28H35N7O/c1-3-5-7-8-9-12-20-35-28(36)34(26(31-35)15-6-4-2)21-22-16-18-23(19-17-22)24-13-10-11-14-25(24)27-29-32-33-30-27/h6,10-11,13-19H,3-5,7-9,12,20-21H2,1-2H3,(H,29,30,32,33). The minimum absolute atomic E-state index is 0.0495. The molecule has 0 fully saturated rings. The highest BCUT2D eigenvalue weighted by Gasteiger charge is 2.13. The molecule has 0 radical (unpaired) electrons. The Morgan fingerprint density at radius 2 is 1.67 bits per heavy atom. The lowest BCUT2D eigenvalue weighted by Gasteiger charge is -2.09. The number of nitrogens with one attached hydrogen (secondary N) is 1. The summed E-state index contributed by atoms with van der Waals surface area (Å²) < 4.78 is 3.40. The Kier molecular flexibility index (Phi) is 8.97. The van der Waals surface area contributed by atoms with Crippen LogP contribution in [0.4, 0.5) is 0 Å². The van der Waals surface area contributed by atoms with Gasteiger partial charge in [-0.2, -0.15) is 5.10 Å². The minimum Gasteiger partial charge on any atom is -0.271 e. The van der Waals surface area contributed by atoms with Gasteiger partial charge < -0.3 is 0 Å². The quantitative estimate of drug-likeness (QED) is 0.244. The third kappa shape index (κ3) is 6.24. The first-order valence-corrected chi connectivity index (χ1v) is 13.0. The molecule has 0 unspecified atom stereocenters. The summed E-state index contributed by atoms with van der Waals surface area (Å²) in [6, 6.07) is 16.3. The van der Waals surface area contributed by atoms with Gasteiger partial charge >= 0.3 is 5.69 Å². The molecular weight excluding hydrogens is 450 g/mol. The van der Waals surface area contributed by atoms with E-state index in [0.717, 1.165) is 41.5 Å². The molecule has 188 valence electrons. The molecule has 1 N–H and O–H groups in total. The van der Waals surface area contributed by atoms with Crippen LogP contribution in [0.1, 0.15) is 70.2 Å². The third-order valence-electron chi connectivity index (χ3n) is 6.31. The second kappa shape index (κ2) is 12.8. The fourth-order valence-corrected chi connectivity index (χ4v) is 4.33. The summed E-state index contributed by atoms with van der Waals surface area (Å²) in [5, 5.41) is 18.9. The maximum Gasteiger partial charge on any atom is 0.346 e. The number of hydrogen-bond acceptors (Lipinski definition) is 5. The Morgan fingerprint density at radius 3 is 2.39 bits per heavy atom. The predicted molar refractivity (Wildman–Crippen MR) is 143 cm³/mol. The van der Waals surface area contributed by atoms with Gasteiger partial charge in [0.15, 0.2) is 11.6 Å². The van der Waals surface area contributed by atoms with Crippen LogP contribution < -0.4 is 5.69 Å². The molecular formula is C28H35N7O. The number of unbranched alkanes of at least 4 members (excludes halogenated alkanes) is 5. The molecule has 8 nitrogen and oxygen atoms in total. The molecule has 0 atom stereocenters. The smallest absolute Gasteiger partial charge is 0.271 e. The Morgan fingerprint density at radius 1 is 0.917 bits per heavy atom. The number of aromatic nitrogens is 7. The van der Waals surface area contributed by atoms with Crippen molar-refractivity contribution in [2.45, 2.75) is 71.9 Å². The van der Waals surface area contributed by atoms with Gasteiger partial charge in [0.05, 0.1) is 6.54 Å². The average molecular weight is 486 g/mol. The number of benzene rings is 2. The van der Waals surface area contributed by atoms with Gasteiger partial charge in [-0.15, -0.1) is 5.10 Å². The van der Waals surface area contributed by atoms with Crippen LogP contribution in [0.3, 0.4) is 0 Å². The van der Waals surface area contributed by atoms with Gasteiger partial charge in [0.1, 0.15) is 0 Å². The summed E-state index contributed by atoms with van der Waals surface area (Å²) in [5.74, 6) is 1.34. The molecule has 4 rings (SSSR count). The average Bonchev–Trinajstić information content (AvgIpc) is 3.55. The highest BCUT2D eigenvalue weighted by Crippen LogP contribution is 2.29. The predicted octanol–water partition coefficient (Wildman–Crippen LogP) is 5.72. The van der Waals surface area contributed by atoms with Gasteiger partial charge in [0.25, 0.3) is 0 Å². The van der Waals surface area contributed by atoms with Crippen LogP contribution >= 0.6 is 0 Å². The van der Waals surface area contributed by atoms with Crippen molar-refractivity contribution in [1.82, 2.24) is 35.0 Å². The van der Waals surface area contributed by atoms with Crippen LogP contribution in [-0.4, -0.2) is 35.0 Å². The monoisotopic (exact) mass is 485 g/mol. The second-order valence-electron chi connectivity index (χ2n) is 9.02. The van der Waals surface area contributed by atoms with Crippen molar-refractivity contribution in [3.8, 4) is 22.5 Å². The number of hydrogen-bond donors (Lipinski definition) is 1. The first-order valence-electron chi connectivity index (χ1n) is 13.0. The minimum atomic E-state index is -0.0495. The molecule has 8 heteroatoms. The molecule has 2 aromatic heterocycles. The number of H-pyrrole nitrogens is 1. The highest BCUT2D eigenvalue weighted by atomic mass is 16.2. The van der Waals surface area contributed by atoms with Crippen LogP contribution in [0.2, 0.25) is 0 Å². The summed E-state index contributed by atoms with van der Waals surface area (Å²) in [7, 11) is 0. The SMILES string of the molecule is CCC=Cc1nn(CCCCCCCC)c(=O)n1Cc1ccc(-c2ccccc2-c2nnn[nH]2)cc1. The molecule has 2 heterocycles. The number of nitrogens with zero attached hydrogens (tertiary/aromatic N) is 6. The third-order valence-corrected chi connectivity index (χ3v) is 6.31. The largest absolute Gasteiger partial charge is 0.346 e. The van der Waals surface area contributed by atoms with Crippen LogP contribution in [0.15, 0.2) is 59.4 Å². The first kappa shape index (κ1) is 25.3. The van der Waals surface area contributed by atoms with Crippen LogP contribution in [0.5, 0.6) is 0 Å². The van der Waals surface area contributed by atoms with Crippen molar-refractivity contribution in [2.24, 2.45) is 0 Å². The van der Waals surface area contributed by atoms with E-state index >= 15 is 0 Å². The van der Waals surface area contributed by atoms with Crippen molar-refractivity contribution in [3.05, 3.63) is 76.5 Å². The van der Waals surface area contributed by atoms with Crippen LogP contribution in [0.25, 0.3) is 28.6 Å². The first-order chi connectivity index (χ1) is 17.7. The molecule has 0 aliphatic rings. The number of aromatic amines is 1. The fraction of sp³-hybridized carbons (Fsp3) is 0.393. The summed E-state index contributed by atoms with van der Waals surface area (Å²) >= 11 is 0. The Labute approximate surface area is 212 Å². The van der Waals surface area contributed by atoms with Crippen molar-refractivity contribution < 1.29 is 0 Å². The Bertz CT molecular complexity index is 1300. The zero-order chi connectivity index (χ0) is 25.2. The van der Waals surface area contributed by atoms with Gasteiger partial charge in [-0.25, -0.2) is 14.6 Å². The maximum absolute atomic E-state index is 13.2. The van der Waals surface area contributed by atoms with E-state index in [1.807, 2.05) is 30.4 Å². The lowest BCUT2D eigenvalue weighted by Crippen LogP contribution is -2.25. The van der Waals surface area contributed by atoms with Gasteiger partial charge in [-0.05, 0) is 46.0 Å². The molecule has 0 saturated carbocycles. The molecule has 36 heavy (non-hydrogen) atoms. The van der Waals surface area contributed by atoms with Crippen molar-refractivity contribution >= 4 is 6.08 Å². The van der Waals surface area contributed by atoms with E-state index in [2.05, 4.69) is 69.9 Å². The van der Waals surface area contributed by atoms with Gasteiger partial charge in [-0.3, -0.25) is 4.57 Å². The summed E-state index contributed by atoms with van der Waals surface area (Å²) in [6.45, 7) is 5.45. The molecule has 0 amide bonds. The second-order valence-corrected chi connectivity index (χ2v) is 9.02. The fourth-order valence-electron chi connectivity index (χ4n) is 4.33. The van der Waals surface area contributed by atoms with E-state index in [-0.39, 0.29) is 5.69 Å². The normalized spacial score (nSPS) is 11.5. The molecule has 0 aliphatic heterocycles. The number of aryl methyl sites for hydroxylation is 1. The summed E-state index contributed by atoms with van der Waals surface area (Å²) in [4.78, 5) is 13.2. The van der Waals surface area contributed by atoms with E-state index in [4.69, 9.17) is 0 Å².